The van der Waals surface area contributed by atoms with Crippen LogP contribution in [0.5, 0.6) is 5.75 Å². The van der Waals surface area contributed by atoms with Crippen molar-refractivity contribution in [1.29, 1.82) is 0 Å². The largest absolute Gasteiger partial charge is 0.494 e. The molecule has 6 heteroatoms. The van der Waals surface area contributed by atoms with E-state index in [1.165, 1.54) is 6.07 Å². The van der Waals surface area contributed by atoms with Crippen molar-refractivity contribution in [3.05, 3.63) is 52.5 Å². The molecule has 0 fully saturated rings. The van der Waals surface area contributed by atoms with Crippen LogP contribution in [0.25, 0.3) is 0 Å². The Labute approximate surface area is 146 Å². The van der Waals surface area contributed by atoms with Crippen LogP contribution < -0.4 is 10.1 Å². The molecular weight excluding hydrogens is 322 g/mol. The van der Waals surface area contributed by atoms with Crippen molar-refractivity contribution in [2.75, 3.05) is 6.61 Å². The van der Waals surface area contributed by atoms with Crippen LogP contribution in [0.1, 0.15) is 58.1 Å². The molecule has 0 aliphatic heterocycles. The molecule has 0 aliphatic rings. The van der Waals surface area contributed by atoms with Gasteiger partial charge in [-0.15, -0.1) is 0 Å². The standard InChI is InChI=1S/C19H23NO5/c1-4-8-24-14-7-6-13(12(3)9-14)11-20-18(21)17-10-15(19(22)23)16(5-2)25-17/h6-7,9-10H,4-5,8,11H2,1-3H3,(H,20,21)(H,22,23). The highest BCUT2D eigenvalue weighted by Gasteiger charge is 2.19. The molecular formula is C19H23NO5. The minimum atomic E-state index is -1.10. The van der Waals surface area contributed by atoms with Crippen LogP contribution in [0.4, 0.5) is 0 Å². The molecule has 2 rings (SSSR count). The van der Waals surface area contributed by atoms with E-state index in [9.17, 15) is 9.59 Å². The monoisotopic (exact) mass is 345 g/mol. The Morgan fingerprint density at radius 1 is 1.24 bits per heavy atom. The highest BCUT2D eigenvalue weighted by atomic mass is 16.5. The van der Waals surface area contributed by atoms with E-state index in [1.807, 2.05) is 32.0 Å². The van der Waals surface area contributed by atoms with Crippen LogP contribution in [-0.2, 0) is 13.0 Å². The Morgan fingerprint density at radius 2 is 2.00 bits per heavy atom. The van der Waals surface area contributed by atoms with E-state index >= 15 is 0 Å². The van der Waals surface area contributed by atoms with Gasteiger partial charge in [-0.2, -0.15) is 0 Å². The van der Waals surface area contributed by atoms with Crippen LogP contribution in [0.3, 0.4) is 0 Å². The molecule has 1 aromatic heterocycles. The summed E-state index contributed by atoms with van der Waals surface area (Å²) in [7, 11) is 0. The summed E-state index contributed by atoms with van der Waals surface area (Å²) in [5.74, 6) is -0.425. The fraction of sp³-hybridized carbons (Fsp3) is 0.368. The van der Waals surface area contributed by atoms with Crippen molar-refractivity contribution >= 4 is 11.9 Å². The average molecular weight is 345 g/mol. The van der Waals surface area contributed by atoms with Gasteiger partial charge in [0.1, 0.15) is 17.1 Å². The van der Waals surface area contributed by atoms with Gasteiger partial charge in [-0.05, 0) is 36.6 Å². The highest BCUT2D eigenvalue weighted by Crippen LogP contribution is 2.19. The lowest BCUT2D eigenvalue weighted by molar-refractivity contribution is 0.0694. The molecule has 134 valence electrons. The summed E-state index contributed by atoms with van der Waals surface area (Å²) < 4.78 is 10.9. The number of aryl methyl sites for hydroxylation is 2. The second-order valence-corrected chi connectivity index (χ2v) is 5.73. The van der Waals surface area contributed by atoms with Crippen LogP contribution in [0.2, 0.25) is 0 Å². The topological polar surface area (TPSA) is 88.8 Å². The average Bonchev–Trinajstić information content (AvgIpc) is 3.03. The molecule has 0 aliphatic carbocycles. The minimum absolute atomic E-state index is 0.00908. The number of rotatable bonds is 8. The van der Waals surface area contributed by atoms with Crippen LogP contribution in [0, 0.1) is 6.92 Å². The Balaban J connectivity index is 2.03. The third-order valence-electron chi connectivity index (χ3n) is 3.81. The van der Waals surface area contributed by atoms with Crippen molar-refractivity contribution in [1.82, 2.24) is 5.32 Å². The third kappa shape index (κ3) is 4.62. The number of amides is 1. The quantitative estimate of drug-likeness (QED) is 0.763. The summed E-state index contributed by atoms with van der Waals surface area (Å²) in [5.41, 5.74) is 1.99. The highest BCUT2D eigenvalue weighted by molar-refractivity contribution is 5.96. The number of ether oxygens (including phenoxy) is 1. The Morgan fingerprint density at radius 3 is 2.56 bits per heavy atom. The molecule has 1 aromatic carbocycles. The molecule has 0 saturated heterocycles. The number of benzene rings is 1. The summed E-state index contributed by atoms with van der Waals surface area (Å²) in [6, 6.07) is 6.98. The van der Waals surface area contributed by atoms with Gasteiger partial charge in [0.25, 0.3) is 5.91 Å². The van der Waals surface area contributed by atoms with E-state index in [0.29, 0.717) is 25.3 Å². The predicted molar refractivity (Wildman–Crippen MR) is 93.2 cm³/mol. The second-order valence-electron chi connectivity index (χ2n) is 5.73. The summed E-state index contributed by atoms with van der Waals surface area (Å²) >= 11 is 0. The van der Waals surface area contributed by atoms with E-state index in [4.69, 9.17) is 14.3 Å². The van der Waals surface area contributed by atoms with Gasteiger partial charge in [-0.1, -0.05) is 19.9 Å². The van der Waals surface area contributed by atoms with Crippen molar-refractivity contribution in [3.8, 4) is 5.75 Å². The maximum absolute atomic E-state index is 12.2. The number of hydrogen-bond donors (Lipinski definition) is 2. The molecule has 0 saturated carbocycles. The zero-order valence-corrected chi connectivity index (χ0v) is 14.7. The number of carboxylic acids is 1. The minimum Gasteiger partial charge on any atom is -0.494 e. The van der Waals surface area contributed by atoms with Crippen molar-refractivity contribution in [2.45, 2.75) is 40.2 Å². The molecule has 1 amide bonds. The lowest BCUT2D eigenvalue weighted by Gasteiger charge is -2.10. The number of carboxylic acid groups (broad SMARTS) is 1. The normalized spacial score (nSPS) is 10.5. The van der Waals surface area contributed by atoms with Gasteiger partial charge >= 0.3 is 5.97 Å². The summed E-state index contributed by atoms with van der Waals surface area (Å²) in [4.78, 5) is 23.4. The summed E-state index contributed by atoms with van der Waals surface area (Å²) in [6.07, 6.45) is 1.35. The van der Waals surface area contributed by atoms with E-state index in [-0.39, 0.29) is 11.3 Å². The fourth-order valence-electron chi connectivity index (χ4n) is 2.42. The number of furan rings is 1. The smallest absolute Gasteiger partial charge is 0.339 e. The van der Waals surface area contributed by atoms with Crippen molar-refractivity contribution in [3.63, 3.8) is 0 Å². The van der Waals surface area contributed by atoms with E-state index in [2.05, 4.69) is 5.32 Å². The number of aromatic carboxylic acids is 1. The molecule has 25 heavy (non-hydrogen) atoms. The van der Waals surface area contributed by atoms with Gasteiger partial charge in [-0.25, -0.2) is 4.79 Å². The van der Waals surface area contributed by atoms with Gasteiger partial charge in [0.15, 0.2) is 5.76 Å². The molecule has 0 atom stereocenters. The van der Waals surface area contributed by atoms with Gasteiger partial charge < -0.3 is 19.6 Å². The fourth-order valence-corrected chi connectivity index (χ4v) is 2.42. The van der Waals surface area contributed by atoms with Crippen LogP contribution >= 0.6 is 0 Å². The second kappa shape index (κ2) is 8.37. The zero-order valence-electron chi connectivity index (χ0n) is 14.7. The molecule has 1 heterocycles. The van der Waals surface area contributed by atoms with Crippen molar-refractivity contribution < 1.29 is 23.8 Å². The van der Waals surface area contributed by atoms with Crippen LogP contribution in [0.15, 0.2) is 28.7 Å². The molecule has 0 radical (unpaired) electrons. The number of carbonyl (C=O) groups is 2. The third-order valence-corrected chi connectivity index (χ3v) is 3.81. The number of carbonyl (C=O) groups excluding carboxylic acids is 1. The van der Waals surface area contributed by atoms with Gasteiger partial charge in [-0.3, -0.25) is 4.79 Å². The van der Waals surface area contributed by atoms with E-state index in [0.717, 1.165) is 23.3 Å². The van der Waals surface area contributed by atoms with Gasteiger partial charge in [0.05, 0.1) is 6.61 Å². The first-order chi connectivity index (χ1) is 12.0. The maximum atomic E-state index is 12.2. The Kier molecular flexibility index (Phi) is 6.22. The first-order valence-corrected chi connectivity index (χ1v) is 8.32. The van der Waals surface area contributed by atoms with E-state index < -0.39 is 11.9 Å². The molecule has 0 unspecified atom stereocenters. The molecule has 0 spiro atoms. The molecule has 0 bridgehead atoms. The Hall–Kier alpha value is -2.76. The molecule has 6 nitrogen and oxygen atoms in total. The van der Waals surface area contributed by atoms with E-state index in [1.54, 1.807) is 6.92 Å². The summed E-state index contributed by atoms with van der Waals surface area (Å²) in [6.45, 7) is 6.76. The van der Waals surface area contributed by atoms with Crippen molar-refractivity contribution in [2.24, 2.45) is 0 Å². The lowest BCUT2D eigenvalue weighted by atomic mass is 10.1. The number of hydrogen-bond acceptors (Lipinski definition) is 4. The lowest BCUT2D eigenvalue weighted by Crippen LogP contribution is -2.22. The Bertz CT molecular complexity index is 763. The molecule has 2 N–H and O–H groups in total. The first-order valence-electron chi connectivity index (χ1n) is 8.32. The zero-order chi connectivity index (χ0) is 18.4. The molecule has 2 aromatic rings. The van der Waals surface area contributed by atoms with Gasteiger partial charge in [0.2, 0.25) is 0 Å². The summed E-state index contributed by atoms with van der Waals surface area (Å²) in [5, 5.41) is 11.9. The first kappa shape index (κ1) is 18.6. The SMILES string of the molecule is CCCOc1ccc(CNC(=O)c2cc(C(=O)O)c(CC)o2)c(C)c1. The number of nitrogens with one attached hydrogen (secondary N) is 1. The predicted octanol–water partition coefficient (Wildman–Crippen LogP) is 3.57. The van der Waals surface area contributed by atoms with Gasteiger partial charge in [0, 0.05) is 19.0 Å². The van der Waals surface area contributed by atoms with Crippen LogP contribution in [-0.4, -0.2) is 23.6 Å². The maximum Gasteiger partial charge on any atom is 0.339 e.